The van der Waals surface area contributed by atoms with Crippen LogP contribution in [0.5, 0.6) is 0 Å². The molecule has 1 rings (SSSR count). The SMILES string of the molecule is CNc1cc(C(=O)NCC(O)CO)[nH]n1. The van der Waals surface area contributed by atoms with Crippen LogP contribution >= 0.6 is 0 Å². The molecule has 0 bridgehead atoms. The normalized spacial score (nSPS) is 12.2. The van der Waals surface area contributed by atoms with Gasteiger partial charge in [-0.3, -0.25) is 9.89 Å². The number of nitrogens with one attached hydrogen (secondary N) is 3. The number of aromatic nitrogens is 2. The molecule has 1 heterocycles. The van der Waals surface area contributed by atoms with Crippen LogP contribution in [0, 0.1) is 0 Å². The summed E-state index contributed by atoms with van der Waals surface area (Å²) in [7, 11) is 1.69. The molecule has 0 radical (unpaired) electrons. The topological polar surface area (TPSA) is 110 Å². The van der Waals surface area contributed by atoms with Gasteiger partial charge >= 0.3 is 0 Å². The summed E-state index contributed by atoms with van der Waals surface area (Å²) in [5, 5.41) is 29.1. The van der Waals surface area contributed by atoms with Crippen molar-refractivity contribution in [1.82, 2.24) is 15.5 Å². The minimum atomic E-state index is -0.944. The Bertz CT molecular complexity index is 325. The molecule has 1 unspecified atom stereocenters. The van der Waals surface area contributed by atoms with E-state index in [2.05, 4.69) is 20.8 Å². The Balaban J connectivity index is 2.46. The fourth-order valence-electron chi connectivity index (χ4n) is 0.936. The fourth-order valence-corrected chi connectivity index (χ4v) is 0.936. The van der Waals surface area contributed by atoms with Crippen molar-refractivity contribution in [2.45, 2.75) is 6.10 Å². The van der Waals surface area contributed by atoms with Crippen molar-refractivity contribution in [2.24, 2.45) is 0 Å². The number of aliphatic hydroxyl groups excluding tert-OH is 2. The van der Waals surface area contributed by atoms with E-state index in [0.717, 1.165) is 0 Å². The van der Waals surface area contributed by atoms with E-state index < -0.39 is 6.10 Å². The van der Waals surface area contributed by atoms with E-state index in [1.807, 2.05) is 0 Å². The van der Waals surface area contributed by atoms with Gasteiger partial charge in [0, 0.05) is 19.7 Å². The lowest BCUT2D eigenvalue weighted by Gasteiger charge is -2.07. The standard InChI is InChI=1S/C8H14N4O3/c1-9-7-2-6(11-12-7)8(15)10-3-5(14)4-13/h2,5,13-14H,3-4H2,1H3,(H,10,15)(H2,9,11,12). The van der Waals surface area contributed by atoms with Crippen molar-refractivity contribution in [3.63, 3.8) is 0 Å². The van der Waals surface area contributed by atoms with Gasteiger partial charge in [0.05, 0.1) is 12.7 Å². The van der Waals surface area contributed by atoms with Gasteiger partial charge in [0.15, 0.2) is 0 Å². The Labute approximate surface area is 86.5 Å². The van der Waals surface area contributed by atoms with E-state index >= 15 is 0 Å². The number of carbonyl (C=O) groups is 1. The Morgan fingerprint density at radius 1 is 1.73 bits per heavy atom. The number of nitrogens with zero attached hydrogens (tertiary/aromatic N) is 1. The summed E-state index contributed by atoms with van der Waals surface area (Å²) in [6.07, 6.45) is -0.944. The maximum absolute atomic E-state index is 11.4. The first kappa shape index (κ1) is 11.5. The lowest BCUT2D eigenvalue weighted by Crippen LogP contribution is -2.34. The molecule has 0 aromatic carbocycles. The van der Waals surface area contributed by atoms with Crippen LogP contribution in [0.3, 0.4) is 0 Å². The summed E-state index contributed by atoms with van der Waals surface area (Å²) in [4.78, 5) is 11.4. The molecule has 0 saturated heterocycles. The van der Waals surface area contributed by atoms with Crippen molar-refractivity contribution in [3.05, 3.63) is 11.8 Å². The largest absolute Gasteiger partial charge is 0.394 e. The second kappa shape index (κ2) is 5.32. The molecule has 0 aliphatic carbocycles. The lowest BCUT2D eigenvalue weighted by molar-refractivity contribution is 0.0799. The van der Waals surface area contributed by atoms with Gasteiger partial charge in [-0.05, 0) is 0 Å². The molecule has 0 saturated carbocycles. The number of hydrogen-bond donors (Lipinski definition) is 5. The molecule has 7 nitrogen and oxygen atoms in total. The van der Waals surface area contributed by atoms with Gasteiger partial charge in [0.2, 0.25) is 0 Å². The van der Waals surface area contributed by atoms with E-state index in [1.54, 1.807) is 13.1 Å². The molecule has 84 valence electrons. The first-order valence-corrected chi connectivity index (χ1v) is 4.47. The van der Waals surface area contributed by atoms with Gasteiger partial charge < -0.3 is 20.8 Å². The van der Waals surface area contributed by atoms with Crippen LogP contribution in [0.2, 0.25) is 0 Å². The Hall–Kier alpha value is -1.60. The summed E-state index contributed by atoms with van der Waals surface area (Å²) >= 11 is 0. The lowest BCUT2D eigenvalue weighted by atomic mass is 10.3. The predicted molar refractivity (Wildman–Crippen MR) is 53.6 cm³/mol. The van der Waals surface area contributed by atoms with Crippen LogP contribution in [-0.4, -0.2) is 52.6 Å². The van der Waals surface area contributed by atoms with E-state index in [4.69, 9.17) is 10.2 Å². The first-order valence-electron chi connectivity index (χ1n) is 4.47. The minimum Gasteiger partial charge on any atom is -0.394 e. The molecular formula is C8H14N4O3. The quantitative estimate of drug-likeness (QED) is 0.411. The molecule has 1 aromatic rings. The first-order chi connectivity index (χ1) is 7.17. The molecular weight excluding hydrogens is 200 g/mol. The molecule has 0 spiro atoms. The summed E-state index contributed by atoms with van der Waals surface area (Å²) in [5.41, 5.74) is 0.296. The number of amides is 1. The van der Waals surface area contributed by atoms with Crippen LogP contribution in [0.25, 0.3) is 0 Å². The highest BCUT2D eigenvalue weighted by atomic mass is 16.3. The van der Waals surface area contributed by atoms with E-state index in [1.165, 1.54) is 0 Å². The molecule has 1 amide bonds. The Kier molecular flexibility index (Phi) is 4.07. The van der Waals surface area contributed by atoms with Crippen molar-refractivity contribution in [1.29, 1.82) is 0 Å². The van der Waals surface area contributed by atoms with Crippen molar-refractivity contribution in [3.8, 4) is 0 Å². The average molecular weight is 214 g/mol. The maximum Gasteiger partial charge on any atom is 0.269 e. The second-order valence-corrected chi connectivity index (χ2v) is 2.96. The molecule has 5 N–H and O–H groups in total. The van der Waals surface area contributed by atoms with Gasteiger partial charge in [0.25, 0.3) is 5.91 Å². The number of aromatic amines is 1. The molecule has 0 fully saturated rings. The molecule has 0 aliphatic rings. The van der Waals surface area contributed by atoms with E-state index in [-0.39, 0.29) is 19.1 Å². The number of H-pyrrole nitrogens is 1. The minimum absolute atomic E-state index is 0.00321. The van der Waals surface area contributed by atoms with Crippen LogP contribution in [0.1, 0.15) is 10.5 Å². The number of hydrogen-bond acceptors (Lipinski definition) is 5. The van der Waals surface area contributed by atoms with Crippen molar-refractivity contribution >= 4 is 11.7 Å². The molecule has 1 aromatic heterocycles. The highest BCUT2D eigenvalue weighted by molar-refractivity contribution is 5.92. The Morgan fingerprint density at radius 3 is 3.00 bits per heavy atom. The zero-order valence-electron chi connectivity index (χ0n) is 8.32. The number of rotatable bonds is 5. The van der Waals surface area contributed by atoms with Gasteiger partial charge in [-0.15, -0.1) is 0 Å². The third-order valence-electron chi connectivity index (χ3n) is 1.79. The zero-order valence-corrected chi connectivity index (χ0v) is 8.32. The predicted octanol–water partition coefficient (Wildman–Crippen LogP) is -1.47. The van der Waals surface area contributed by atoms with Crippen molar-refractivity contribution < 1.29 is 15.0 Å². The summed E-state index contributed by atoms with van der Waals surface area (Å²) in [6.45, 7) is -0.381. The molecule has 15 heavy (non-hydrogen) atoms. The number of anilines is 1. The van der Waals surface area contributed by atoms with Gasteiger partial charge in [-0.2, -0.15) is 5.10 Å². The summed E-state index contributed by atoms with van der Waals surface area (Å²) < 4.78 is 0. The smallest absolute Gasteiger partial charge is 0.269 e. The molecule has 7 heteroatoms. The summed E-state index contributed by atoms with van der Waals surface area (Å²) in [6, 6.07) is 1.54. The fraction of sp³-hybridized carbons (Fsp3) is 0.500. The van der Waals surface area contributed by atoms with E-state index in [9.17, 15) is 4.79 Å². The van der Waals surface area contributed by atoms with Gasteiger partial charge in [-0.25, -0.2) is 0 Å². The maximum atomic E-state index is 11.4. The third kappa shape index (κ3) is 3.22. The second-order valence-electron chi connectivity index (χ2n) is 2.96. The number of carbonyl (C=O) groups excluding carboxylic acids is 1. The van der Waals surface area contributed by atoms with Gasteiger partial charge in [0.1, 0.15) is 11.5 Å². The third-order valence-corrected chi connectivity index (χ3v) is 1.79. The average Bonchev–Trinajstić information content (AvgIpc) is 2.73. The van der Waals surface area contributed by atoms with Crippen molar-refractivity contribution in [2.75, 3.05) is 25.5 Å². The molecule has 1 atom stereocenters. The van der Waals surface area contributed by atoms with Gasteiger partial charge in [-0.1, -0.05) is 0 Å². The number of aliphatic hydroxyl groups is 2. The molecule has 0 aliphatic heterocycles. The zero-order chi connectivity index (χ0) is 11.3. The van der Waals surface area contributed by atoms with Crippen LogP contribution < -0.4 is 10.6 Å². The van der Waals surface area contributed by atoms with Crippen LogP contribution in [-0.2, 0) is 0 Å². The highest BCUT2D eigenvalue weighted by Crippen LogP contribution is 2.03. The Morgan fingerprint density at radius 2 is 2.47 bits per heavy atom. The van der Waals surface area contributed by atoms with Crippen LogP contribution in [0.15, 0.2) is 6.07 Å². The van der Waals surface area contributed by atoms with E-state index in [0.29, 0.717) is 11.5 Å². The monoisotopic (exact) mass is 214 g/mol. The summed E-state index contributed by atoms with van der Waals surface area (Å²) in [5.74, 6) is 0.180. The highest BCUT2D eigenvalue weighted by Gasteiger charge is 2.10. The van der Waals surface area contributed by atoms with Crippen LogP contribution in [0.4, 0.5) is 5.82 Å².